The number of aromatic nitrogens is 2. The fraction of sp³-hybridized carbons (Fsp3) is 0.0526. The summed E-state index contributed by atoms with van der Waals surface area (Å²) in [6.45, 7) is 4.70. The largest absolute Gasteiger partial charge is 0.228 e. The quantitative estimate of drug-likeness (QED) is 0.174. The first-order chi connectivity index (χ1) is 29.5. The highest BCUT2D eigenvalue weighted by Crippen LogP contribution is 2.53. The first-order valence-electron chi connectivity index (χ1n) is 20.6. The molecule has 0 saturated heterocycles. The maximum Gasteiger partial charge on any atom is 0.160 e. The van der Waals surface area contributed by atoms with Gasteiger partial charge < -0.3 is 0 Å². The number of benzene rings is 9. The zero-order valence-corrected chi connectivity index (χ0v) is 34.1. The predicted molar refractivity (Wildman–Crippen MR) is 255 cm³/mol. The Morgan fingerprint density at radius 1 is 0.383 bits per heavy atom. The van der Waals surface area contributed by atoms with Gasteiger partial charge in [0.1, 0.15) is 0 Å². The summed E-state index contributed by atoms with van der Waals surface area (Å²) in [5.41, 5.74) is 15.0. The Kier molecular flexibility index (Phi) is 7.79. The molecule has 0 radical (unpaired) electrons. The minimum Gasteiger partial charge on any atom is -0.228 e. The van der Waals surface area contributed by atoms with Crippen LogP contribution in [0.15, 0.2) is 194 Å². The second-order valence-corrected chi connectivity index (χ2v) is 17.5. The molecule has 9 aromatic carbocycles. The minimum atomic E-state index is -0.156. The Bertz CT molecular complexity index is 3520. The van der Waals surface area contributed by atoms with Crippen molar-refractivity contribution in [2.75, 3.05) is 0 Å². The van der Waals surface area contributed by atoms with Gasteiger partial charge in [0, 0.05) is 42.3 Å². The van der Waals surface area contributed by atoms with E-state index in [0.717, 1.165) is 33.5 Å². The molecule has 2 aromatic heterocycles. The van der Waals surface area contributed by atoms with Crippen molar-refractivity contribution in [2.45, 2.75) is 19.3 Å². The summed E-state index contributed by atoms with van der Waals surface area (Å²) in [5, 5.41) is 7.50. The molecule has 60 heavy (non-hydrogen) atoms. The van der Waals surface area contributed by atoms with Gasteiger partial charge in [-0.1, -0.05) is 178 Å². The van der Waals surface area contributed by atoms with Crippen molar-refractivity contribution in [3.63, 3.8) is 0 Å². The molecule has 0 aliphatic heterocycles. The molecule has 11 aromatic rings. The predicted octanol–water partition coefficient (Wildman–Crippen LogP) is 15.8. The second-order valence-electron chi connectivity index (χ2n) is 16.5. The third-order valence-corrected chi connectivity index (χ3v) is 13.9. The lowest BCUT2D eigenvalue weighted by molar-refractivity contribution is 0.661. The van der Waals surface area contributed by atoms with Crippen molar-refractivity contribution < 1.29 is 0 Å². The smallest absolute Gasteiger partial charge is 0.160 e. The van der Waals surface area contributed by atoms with Crippen LogP contribution in [0.25, 0.3) is 109 Å². The second kappa shape index (κ2) is 13.4. The number of rotatable bonds is 5. The summed E-state index contributed by atoms with van der Waals surface area (Å²) >= 11 is 1.88. The third kappa shape index (κ3) is 5.40. The van der Waals surface area contributed by atoms with Crippen LogP contribution in [0.5, 0.6) is 0 Å². The number of fused-ring (bicyclic) bond motifs is 8. The van der Waals surface area contributed by atoms with Crippen LogP contribution in [-0.2, 0) is 5.41 Å². The van der Waals surface area contributed by atoms with Gasteiger partial charge in [0.2, 0.25) is 0 Å². The number of thiophene rings is 1. The van der Waals surface area contributed by atoms with E-state index >= 15 is 0 Å². The van der Waals surface area contributed by atoms with E-state index in [2.05, 4.69) is 202 Å². The molecule has 1 aliphatic rings. The van der Waals surface area contributed by atoms with E-state index in [-0.39, 0.29) is 5.41 Å². The molecule has 12 rings (SSSR count). The molecule has 0 bridgehead atoms. The molecule has 0 spiro atoms. The van der Waals surface area contributed by atoms with Crippen molar-refractivity contribution >= 4 is 53.1 Å². The van der Waals surface area contributed by atoms with Crippen molar-refractivity contribution in [3.8, 4) is 67.3 Å². The van der Waals surface area contributed by atoms with Gasteiger partial charge in [-0.2, -0.15) is 0 Å². The van der Waals surface area contributed by atoms with Crippen molar-refractivity contribution in [1.82, 2.24) is 9.97 Å². The molecule has 0 atom stereocenters. The van der Waals surface area contributed by atoms with Crippen LogP contribution in [0, 0.1) is 0 Å². The summed E-state index contributed by atoms with van der Waals surface area (Å²) in [5.74, 6) is 0.716. The fourth-order valence-electron chi connectivity index (χ4n) is 9.73. The molecule has 2 nitrogen and oxygen atoms in total. The van der Waals surface area contributed by atoms with Gasteiger partial charge in [-0.05, 0) is 96.4 Å². The first kappa shape index (κ1) is 34.8. The molecule has 2 heterocycles. The molecule has 3 heteroatoms. The fourth-order valence-corrected chi connectivity index (χ4v) is 11.0. The third-order valence-electron chi connectivity index (χ3n) is 12.7. The monoisotopic (exact) mass is 782 g/mol. The van der Waals surface area contributed by atoms with Crippen LogP contribution in [0.3, 0.4) is 0 Å². The molecule has 1 aliphatic carbocycles. The number of nitrogens with zero attached hydrogens (tertiary/aromatic N) is 2. The highest BCUT2D eigenvalue weighted by molar-refractivity contribution is 7.26. The van der Waals surface area contributed by atoms with E-state index in [9.17, 15) is 0 Å². The van der Waals surface area contributed by atoms with Crippen LogP contribution in [0.1, 0.15) is 25.0 Å². The molecule has 0 N–H and O–H groups in total. The van der Waals surface area contributed by atoms with Gasteiger partial charge in [0.25, 0.3) is 0 Å². The minimum absolute atomic E-state index is 0.156. The summed E-state index contributed by atoms with van der Waals surface area (Å²) < 4.78 is 2.65. The zero-order valence-electron chi connectivity index (χ0n) is 33.3. The van der Waals surface area contributed by atoms with E-state index < -0.39 is 0 Å². The number of hydrogen-bond donors (Lipinski definition) is 0. The lowest BCUT2D eigenvalue weighted by Gasteiger charge is -2.22. The average Bonchev–Trinajstić information content (AvgIpc) is 3.79. The van der Waals surface area contributed by atoms with Crippen LogP contribution in [-0.4, -0.2) is 9.97 Å². The SMILES string of the molecule is CC1(C)c2cc3ccccc3cc2-c2c(-c3cc(-c4ccc(-c5cccc(-c6cccc7c6sc6ccccc67)c5)c5ccccc45)nc(-c4ccccc4)n3)cccc21. The highest BCUT2D eigenvalue weighted by Gasteiger charge is 2.37. The Morgan fingerprint density at radius 3 is 1.78 bits per heavy atom. The molecule has 282 valence electrons. The lowest BCUT2D eigenvalue weighted by Crippen LogP contribution is -2.14. The Balaban J connectivity index is 1.03. The van der Waals surface area contributed by atoms with Gasteiger partial charge in [-0.15, -0.1) is 11.3 Å². The van der Waals surface area contributed by atoms with Crippen molar-refractivity contribution in [3.05, 3.63) is 205 Å². The summed E-state index contributed by atoms with van der Waals surface area (Å²) in [6.07, 6.45) is 0. The van der Waals surface area contributed by atoms with Gasteiger partial charge in [-0.3, -0.25) is 0 Å². The zero-order chi connectivity index (χ0) is 40.0. The van der Waals surface area contributed by atoms with Crippen LogP contribution < -0.4 is 0 Å². The molecule has 0 amide bonds. The maximum absolute atomic E-state index is 5.37. The standard InChI is InChI=1S/C57H38N2S/c1-57(2)49-27-14-26-47(54(49)48-32-36-17-6-7-18-37(36)33-50(48)57)52-34-51(58-56(59-52)35-15-4-3-5-16-35)44-30-29-40(42-21-8-9-22-43(42)44)38-19-12-20-39(31-38)41-24-13-25-46-45-23-10-11-28-53(45)60-55(41)46/h3-34H,1-2H3. The Labute approximate surface area is 353 Å². The molecular weight excluding hydrogens is 745 g/mol. The molecular formula is C57H38N2S. The topological polar surface area (TPSA) is 25.8 Å². The summed E-state index contributed by atoms with van der Waals surface area (Å²) in [7, 11) is 0. The van der Waals surface area contributed by atoms with Crippen LogP contribution in [0.4, 0.5) is 0 Å². The van der Waals surface area contributed by atoms with Gasteiger partial charge in [0.05, 0.1) is 11.4 Å². The van der Waals surface area contributed by atoms with Crippen molar-refractivity contribution in [2.24, 2.45) is 0 Å². The molecule has 0 saturated carbocycles. The summed E-state index contributed by atoms with van der Waals surface area (Å²) in [6, 6.07) is 70.6. The van der Waals surface area contributed by atoms with E-state index in [4.69, 9.17) is 9.97 Å². The molecule has 0 unspecified atom stereocenters. The van der Waals surface area contributed by atoms with Gasteiger partial charge in [0.15, 0.2) is 5.82 Å². The van der Waals surface area contributed by atoms with Gasteiger partial charge >= 0.3 is 0 Å². The van der Waals surface area contributed by atoms with Gasteiger partial charge in [-0.25, -0.2) is 9.97 Å². The highest BCUT2D eigenvalue weighted by atomic mass is 32.1. The normalized spacial score (nSPS) is 13.0. The van der Waals surface area contributed by atoms with E-state index in [1.807, 2.05) is 17.4 Å². The van der Waals surface area contributed by atoms with Crippen LogP contribution >= 0.6 is 11.3 Å². The number of hydrogen-bond acceptors (Lipinski definition) is 3. The lowest BCUT2D eigenvalue weighted by atomic mass is 9.81. The Hall–Kier alpha value is -7.20. The average molecular weight is 783 g/mol. The van der Waals surface area contributed by atoms with Crippen LogP contribution in [0.2, 0.25) is 0 Å². The van der Waals surface area contributed by atoms with Crippen molar-refractivity contribution in [1.29, 1.82) is 0 Å². The van der Waals surface area contributed by atoms with E-state index in [0.29, 0.717) is 5.82 Å². The van der Waals surface area contributed by atoms with E-state index in [1.165, 1.54) is 80.8 Å². The summed E-state index contributed by atoms with van der Waals surface area (Å²) in [4.78, 5) is 10.7. The Morgan fingerprint density at radius 2 is 0.967 bits per heavy atom. The first-order valence-corrected chi connectivity index (χ1v) is 21.5. The van der Waals surface area contributed by atoms with E-state index in [1.54, 1.807) is 0 Å². The maximum atomic E-state index is 5.37. The molecule has 0 fully saturated rings.